The molecule has 0 saturated carbocycles. The molecule has 11 nitrogen and oxygen atoms in total. The molecule has 1 N–H and O–H groups in total. The van der Waals surface area contributed by atoms with Gasteiger partial charge in [0.2, 0.25) is 12.0 Å². The summed E-state index contributed by atoms with van der Waals surface area (Å²) in [5, 5.41) is 3.61. The first-order valence-electron chi connectivity index (χ1n) is 16.7. The minimum Gasteiger partial charge on any atom is -0.497 e. The Balaban J connectivity index is 1.17. The molecule has 0 aromatic heterocycles. The number of benzene rings is 3. The number of ether oxygens (including phenoxy) is 4. The van der Waals surface area contributed by atoms with Crippen molar-refractivity contribution in [3.05, 3.63) is 83.6 Å². The van der Waals surface area contributed by atoms with Crippen LogP contribution in [0.3, 0.4) is 0 Å². The lowest BCUT2D eigenvalue weighted by atomic mass is 9.73. The van der Waals surface area contributed by atoms with Gasteiger partial charge in [-0.1, -0.05) is 38.1 Å². The number of rotatable bonds is 6. The van der Waals surface area contributed by atoms with Crippen molar-refractivity contribution in [2.24, 2.45) is 5.41 Å². The molecular formula is C38H42N4O7. The first kappa shape index (κ1) is 32.4. The molecule has 0 bridgehead atoms. The van der Waals surface area contributed by atoms with Crippen LogP contribution in [0.4, 0.5) is 11.4 Å². The molecule has 256 valence electrons. The monoisotopic (exact) mass is 666 g/mol. The SMILES string of the molecule is COc1ccc(OC)c(C2C3=C(CC(C)(C)CC3=O)Nc3ccccc3N2CC(=O)N2CCN(C(=O)C3COc4ccccc4O3)CC2)c1. The average molecular weight is 667 g/mol. The maximum absolute atomic E-state index is 14.3. The number of carbonyl (C=O) groups excluding carboxylic acids is 3. The average Bonchev–Trinajstić information content (AvgIpc) is 3.24. The van der Waals surface area contributed by atoms with Crippen molar-refractivity contribution in [2.45, 2.75) is 38.8 Å². The molecule has 0 spiro atoms. The summed E-state index contributed by atoms with van der Waals surface area (Å²) in [6.45, 7) is 5.84. The Morgan fingerprint density at radius 2 is 1.61 bits per heavy atom. The largest absolute Gasteiger partial charge is 0.497 e. The lowest BCUT2D eigenvalue weighted by Crippen LogP contribution is -2.56. The number of carbonyl (C=O) groups is 3. The Hall–Kier alpha value is -5.19. The van der Waals surface area contributed by atoms with Crippen molar-refractivity contribution < 1.29 is 33.3 Å². The van der Waals surface area contributed by atoms with Gasteiger partial charge >= 0.3 is 0 Å². The summed E-state index contributed by atoms with van der Waals surface area (Å²) >= 11 is 0. The molecule has 1 fully saturated rings. The zero-order valence-electron chi connectivity index (χ0n) is 28.4. The molecule has 3 heterocycles. The number of Topliss-reactive ketones (excluding diaryl/α,β-unsaturated/α-hetero) is 1. The van der Waals surface area contributed by atoms with Crippen molar-refractivity contribution in [1.82, 2.24) is 9.80 Å². The molecular weight excluding hydrogens is 624 g/mol. The normalized spacial score (nSPS) is 21.2. The molecule has 2 unspecified atom stereocenters. The number of hydrogen-bond acceptors (Lipinski definition) is 9. The van der Waals surface area contributed by atoms with Crippen molar-refractivity contribution in [3.8, 4) is 23.0 Å². The van der Waals surface area contributed by atoms with Gasteiger partial charge in [0, 0.05) is 49.4 Å². The third-order valence-corrected chi connectivity index (χ3v) is 9.77. The van der Waals surface area contributed by atoms with Gasteiger partial charge in [-0.25, -0.2) is 0 Å². The quantitative estimate of drug-likeness (QED) is 0.396. The van der Waals surface area contributed by atoms with E-state index in [0.717, 1.165) is 22.6 Å². The van der Waals surface area contributed by atoms with E-state index in [0.29, 0.717) is 67.6 Å². The second kappa shape index (κ2) is 13.0. The van der Waals surface area contributed by atoms with Crippen LogP contribution in [0.5, 0.6) is 23.0 Å². The molecule has 11 heteroatoms. The maximum Gasteiger partial charge on any atom is 0.267 e. The van der Waals surface area contributed by atoms with Gasteiger partial charge in [-0.05, 0) is 54.3 Å². The van der Waals surface area contributed by atoms with Crippen LogP contribution in [0.15, 0.2) is 78.0 Å². The van der Waals surface area contributed by atoms with E-state index in [2.05, 4.69) is 19.2 Å². The van der Waals surface area contributed by atoms with Crippen LogP contribution in [-0.2, 0) is 14.4 Å². The second-order valence-corrected chi connectivity index (χ2v) is 13.7. The fourth-order valence-electron chi connectivity index (χ4n) is 7.37. The molecule has 1 saturated heterocycles. The number of fused-ring (bicyclic) bond motifs is 2. The number of nitrogens with zero attached hydrogens (tertiary/aromatic N) is 3. The number of ketones is 1. The van der Waals surface area contributed by atoms with Gasteiger partial charge in [-0.3, -0.25) is 14.4 Å². The van der Waals surface area contributed by atoms with Crippen molar-refractivity contribution in [3.63, 3.8) is 0 Å². The maximum atomic E-state index is 14.3. The minimum atomic E-state index is -0.739. The highest BCUT2D eigenvalue weighted by Crippen LogP contribution is 2.50. The Labute approximate surface area is 286 Å². The van der Waals surface area contributed by atoms with Gasteiger partial charge < -0.3 is 39.0 Å². The Morgan fingerprint density at radius 1 is 0.898 bits per heavy atom. The molecule has 3 aromatic carbocycles. The summed E-state index contributed by atoms with van der Waals surface area (Å²) < 4.78 is 23.2. The lowest BCUT2D eigenvalue weighted by molar-refractivity contribution is -0.145. The number of allylic oxidation sites excluding steroid dienone is 1. The predicted molar refractivity (Wildman–Crippen MR) is 184 cm³/mol. The molecule has 1 aliphatic carbocycles. The van der Waals surface area contributed by atoms with Gasteiger partial charge in [-0.2, -0.15) is 0 Å². The first-order valence-corrected chi connectivity index (χ1v) is 16.7. The number of methoxy groups -OCH3 is 2. The summed E-state index contributed by atoms with van der Waals surface area (Å²) in [7, 11) is 3.21. The number of para-hydroxylation sites is 4. The summed E-state index contributed by atoms with van der Waals surface area (Å²) in [5.41, 5.74) is 3.60. The predicted octanol–water partition coefficient (Wildman–Crippen LogP) is 4.83. The van der Waals surface area contributed by atoms with Gasteiger partial charge in [0.1, 0.15) is 18.1 Å². The molecule has 0 radical (unpaired) electrons. The third-order valence-electron chi connectivity index (χ3n) is 9.77. The fraction of sp³-hybridized carbons (Fsp3) is 0.395. The van der Waals surface area contributed by atoms with E-state index in [-0.39, 0.29) is 36.2 Å². The van der Waals surface area contributed by atoms with Crippen LogP contribution >= 0.6 is 0 Å². The highest BCUT2D eigenvalue weighted by Gasteiger charge is 2.43. The van der Waals surface area contributed by atoms with Crippen LogP contribution in [0, 0.1) is 5.41 Å². The lowest BCUT2D eigenvalue weighted by Gasteiger charge is -2.40. The first-order chi connectivity index (χ1) is 23.7. The van der Waals surface area contributed by atoms with E-state index in [1.807, 2.05) is 65.6 Å². The molecule has 2 amide bonds. The van der Waals surface area contributed by atoms with Crippen LogP contribution in [0.2, 0.25) is 0 Å². The third kappa shape index (κ3) is 6.25. The molecule has 7 rings (SSSR count). The molecule has 3 aliphatic heterocycles. The van der Waals surface area contributed by atoms with Crippen molar-refractivity contribution >= 4 is 29.0 Å². The molecule has 3 aromatic rings. The minimum absolute atomic E-state index is 0.00147. The van der Waals surface area contributed by atoms with E-state index >= 15 is 0 Å². The number of piperazine rings is 1. The molecule has 4 aliphatic rings. The highest BCUT2D eigenvalue weighted by molar-refractivity contribution is 6.02. The van der Waals surface area contributed by atoms with Crippen LogP contribution in [0.1, 0.15) is 38.3 Å². The van der Waals surface area contributed by atoms with Gasteiger partial charge in [0.15, 0.2) is 17.3 Å². The van der Waals surface area contributed by atoms with Crippen LogP contribution in [0.25, 0.3) is 0 Å². The number of amides is 2. The summed E-state index contributed by atoms with van der Waals surface area (Å²) in [6, 6.07) is 20.1. The van der Waals surface area contributed by atoms with E-state index in [1.54, 1.807) is 30.1 Å². The van der Waals surface area contributed by atoms with Gasteiger partial charge in [0.05, 0.1) is 38.2 Å². The number of hydrogen-bond donors (Lipinski definition) is 1. The Bertz CT molecular complexity index is 1810. The summed E-state index contributed by atoms with van der Waals surface area (Å²) in [4.78, 5) is 47.4. The number of nitrogens with one attached hydrogen (secondary N) is 1. The highest BCUT2D eigenvalue weighted by atomic mass is 16.6. The van der Waals surface area contributed by atoms with Gasteiger partial charge in [0.25, 0.3) is 5.91 Å². The smallest absolute Gasteiger partial charge is 0.267 e. The zero-order chi connectivity index (χ0) is 34.3. The van der Waals surface area contributed by atoms with E-state index in [9.17, 15) is 14.4 Å². The second-order valence-electron chi connectivity index (χ2n) is 13.7. The van der Waals surface area contributed by atoms with E-state index in [4.69, 9.17) is 18.9 Å². The van der Waals surface area contributed by atoms with Crippen LogP contribution in [-0.4, -0.2) is 87.1 Å². The fourth-order valence-corrected chi connectivity index (χ4v) is 7.37. The van der Waals surface area contributed by atoms with E-state index < -0.39 is 12.1 Å². The van der Waals surface area contributed by atoms with Crippen molar-refractivity contribution in [2.75, 3.05) is 63.8 Å². The van der Waals surface area contributed by atoms with E-state index in [1.165, 1.54) is 0 Å². The summed E-state index contributed by atoms with van der Waals surface area (Å²) in [5.74, 6) is 2.16. The topological polar surface area (TPSA) is 110 Å². The zero-order valence-corrected chi connectivity index (χ0v) is 28.4. The van der Waals surface area contributed by atoms with Gasteiger partial charge in [-0.15, -0.1) is 0 Å². The Morgan fingerprint density at radius 3 is 2.37 bits per heavy atom. The van der Waals surface area contributed by atoms with Crippen molar-refractivity contribution in [1.29, 1.82) is 0 Å². The Kier molecular flexibility index (Phi) is 8.60. The molecule has 2 atom stereocenters. The number of anilines is 2. The van der Waals surface area contributed by atoms with Crippen LogP contribution < -0.4 is 29.2 Å². The standard InChI is InChI=1S/C38H42N4O7/c1-38(2)20-27-35(29(43)21-38)36(25-19-24(46-3)13-14-30(25)47-4)42(28-10-6-5-9-26(28)39-27)22-34(44)40-15-17-41(18-16-40)37(45)33-23-48-31-11-7-8-12-32(31)49-33/h5-14,19,33,36,39H,15-18,20-23H2,1-4H3. The molecule has 49 heavy (non-hydrogen) atoms. The summed E-state index contributed by atoms with van der Waals surface area (Å²) in [6.07, 6.45) is 0.313.